The topological polar surface area (TPSA) is 21.3 Å². The Bertz CT molecular complexity index is 237. The molecule has 0 spiro atoms. The van der Waals surface area contributed by atoms with Crippen LogP contribution in [0.4, 0.5) is 0 Å². The van der Waals surface area contributed by atoms with Crippen LogP contribution < -0.4 is 5.32 Å². The Labute approximate surface area is 86.3 Å². The molecular weight excluding hydrogens is 174 g/mol. The minimum Gasteiger partial charge on any atom is -0.377 e. The van der Waals surface area contributed by atoms with E-state index in [2.05, 4.69) is 36.5 Å². The van der Waals surface area contributed by atoms with E-state index in [9.17, 15) is 0 Å². The van der Waals surface area contributed by atoms with E-state index in [1.54, 1.807) is 0 Å². The van der Waals surface area contributed by atoms with Gasteiger partial charge in [0.25, 0.3) is 0 Å². The van der Waals surface area contributed by atoms with Gasteiger partial charge in [-0.05, 0) is 24.6 Å². The molecule has 1 aromatic carbocycles. The Hall–Kier alpha value is -0.860. The average molecular weight is 193 g/mol. The summed E-state index contributed by atoms with van der Waals surface area (Å²) in [6.45, 7) is 7.58. The number of ether oxygens (including phenoxy) is 1. The molecule has 0 fully saturated rings. The summed E-state index contributed by atoms with van der Waals surface area (Å²) in [6.07, 6.45) is 0. The van der Waals surface area contributed by atoms with Crippen LogP contribution in [0.15, 0.2) is 24.3 Å². The van der Waals surface area contributed by atoms with Crippen molar-refractivity contribution < 1.29 is 4.74 Å². The summed E-state index contributed by atoms with van der Waals surface area (Å²) in [6, 6.07) is 8.52. The van der Waals surface area contributed by atoms with Gasteiger partial charge in [0, 0.05) is 13.2 Å². The first-order valence-electron chi connectivity index (χ1n) is 5.23. The molecular formula is C12H19NO. The monoisotopic (exact) mass is 193 g/mol. The third-order valence-corrected chi connectivity index (χ3v) is 2.04. The standard InChI is InChI=1S/C12H19NO/c1-3-13-9-11-6-5-7-12(8-11)10-14-4-2/h5-8,13H,3-4,9-10H2,1-2H3. The normalized spacial score (nSPS) is 10.4. The minimum atomic E-state index is 0.719. The highest BCUT2D eigenvalue weighted by Crippen LogP contribution is 2.06. The van der Waals surface area contributed by atoms with E-state index in [-0.39, 0.29) is 0 Å². The van der Waals surface area contributed by atoms with Crippen LogP contribution in [0.1, 0.15) is 25.0 Å². The quantitative estimate of drug-likeness (QED) is 0.748. The smallest absolute Gasteiger partial charge is 0.0716 e. The van der Waals surface area contributed by atoms with Gasteiger partial charge in [-0.15, -0.1) is 0 Å². The van der Waals surface area contributed by atoms with Crippen LogP contribution in [-0.4, -0.2) is 13.2 Å². The molecule has 78 valence electrons. The third kappa shape index (κ3) is 3.90. The first kappa shape index (κ1) is 11.2. The van der Waals surface area contributed by atoms with Crippen molar-refractivity contribution in [1.29, 1.82) is 0 Å². The van der Waals surface area contributed by atoms with Gasteiger partial charge in [-0.1, -0.05) is 31.2 Å². The fourth-order valence-electron chi connectivity index (χ4n) is 1.32. The molecule has 1 N–H and O–H groups in total. The van der Waals surface area contributed by atoms with Gasteiger partial charge in [-0.3, -0.25) is 0 Å². The lowest BCUT2D eigenvalue weighted by Gasteiger charge is -2.05. The van der Waals surface area contributed by atoms with E-state index in [1.165, 1.54) is 11.1 Å². The van der Waals surface area contributed by atoms with Gasteiger partial charge in [-0.25, -0.2) is 0 Å². The predicted octanol–water partition coefficient (Wildman–Crippen LogP) is 2.33. The lowest BCUT2D eigenvalue weighted by Crippen LogP contribution is -2.11. The second-order valence-electron chi connectivity index (χ2n) is 3.24. The van der Waals surface area contributed by atoms with E-state index in [1.807, 2.05) is 6.92 Å². The molecule has 0 aliphatic heterocycles. The summed E-state index contributed by atoms with van der Waals surface area (Å²) < 4.78 is 5.36. The van der Waals surface area contributed by atoms with E-state index >= 15 is 0 Å². The van der Waals surface area contributed by atoms with Gasteiger partial charge < -0.3 is 10.1 Å². The number of benzene rings is 1. The van der Waals surface area contributed by atoms with E-state index < -0.39 is 0 Å². The van der Waals surface area contributed by atoms with Gasteiger partial charge in [0.15, 0.2) is 0 Å². The summed E-state index contributed by atoms with van der Waals surface area (Å²) >= 11 is 0. The maximum absolute atomic E-state index is 5.36. The van der Waals surface area contributed by atoms with Crippen LogP contribution in [0.5, 0.6) is 0 Å². The van der Waals surface area contributed by atoms with Crippen molar-refractivity contribution in [2.24, 2.45) is 0 Å². The van der Waals surface area contributed by atoms with Crippen molar-refractivity contribution in [2.75, 3.05) is 13.2 Å². The summed E-state index contributed by atoms with van der Waals surface area (Å²) in [7, 11) is 0. The molecule has 1 rings (SSSR count). The molecule has 0 aromatic heterocycles. The molecule has 0 aliphatic carbocycles. The number of hydrogen-bond acceptors (Lipinski definition) is 2. The lowest BCUT2D eigenvalue weighted by atomic mass is 10.1. The van der Waals surface area contributed by atoms with Crippen molar-refractivity contribution in [3.63, 3.8) is 0 Å². The van der Waals surface area contributed by atoms with Crippen molar-refractivity contribution >= 4 is 0 Å². The van der Waals surface area contributed by atoms with E-state index in [4.69, 9.17) is 4.74 Å². The molecule has 0 bridgehead atoms. The van der Waals surface area contributed by atoms with Gasteiger partial charge in [-0.2, -0.15) is 0 Å². The molecule has 0 saturated carbocycles. The van der Waals surface area contributed by atoms with Crippen molar-refractivity contribution in [3.05, 3.63) is 35.4 Å². The van der Waals surface area contributed by atoms with Crippen molar-refractivity contribution in [3.8, 4) is 0 Å². The Morgan fingerprint density at radius 2 is 2.00 bits per heavy atom. The zero-order valence-electron chi connectivity index (χ0n) is 9.05. The van der Waals surface area contributed by atoms with Crippen LogP contribution in [0.3, 0.4) is 0 Å². The molecule has 0 atom stereocenters. The van der Waals surface area contributed by atoms with Gasteiger partial charge in [0.1, 0.15) is 0 Å². The van der Waals surface area contributed by atoms with Gasteiger partial charge in [0.2, 0.25) is 0 Å². The fraction of sp³-hybridized carbons (Fsp3) is 0.500. The number of nitrogens with one attached hydrogen (secondary N) is 1. The van der Waals surface area contributed by atoms with Crippen molar-refractivity contribution in [1.82, 2.24) is 5.32 Å². The van der Waals surface area contributed by atoms with Crippen LogP contribution in [0.25, 0.3) is 0 Å². The summed E-state index contributed by atoms with van der Waals surface area (Å²) in [5, 5.41) is 3.31. The van der Waals surface area contributed by atoms with E-state index in [0.29, 0.717) is 0 Å². The molecule has 2 nitrogen and oxygen atoms in total. The molecule has 0 saturated heterocycles. The Morgan fingerprint density at radius 3 is 2.71 bits per heavy atom. The number of hydrogen-bond donors (Lipinski definition) is 1. The van der Waals surface area contributed by atoms with Crippen molar-refractivity contribution in [2.45, 2.75) is 27.0 Å². The molecule has 1 aromatic rings. The first-order valence-corrected chi connectivity index (χ1v) is 5.23. The van der Waals surface area contributed by atoms with E-state index in [0.717, 1.165) is 26.3 Å². The second kappa shape index (κ2) is 6.57. The highest BCUT2D eigenvalue weighted by Gasteiger charge is 1.95. The highest BCUT2D eigenvalue weighted by atomic mass is 16.5. The average Bonchev–Trinajstić information content (AvgIpc) is 2.24. The highest BCUT2D eigenvalue weighted by molar-refractivity contribution is 5.22. The zero-order chi connectivity index (χ0) is 10.2. The number of rotatable bonds is 6. The third-order valence-electron chi connectivity index (χ3n) is 2.04. The van der Waals surface area contributed by atoms with Gasteiger partial charge in [0.05, 0.1) is 6.61 Å². The molecule has 0 unspecified atom stereocenters. The summed E-state index contributed by atoms with van der Waals surface area (Å²) in [5.41, 5.74) is 2.58. The predicted molar refractivity (Wildman–Crippen MR) is 59.2 cm³/mol. The summed E-state index contributed by atoms with van der Waals surface area (Å²) in [5.74, 6) is 0. The zero-order valence-corrected chi connectivity index (χ0v) is 9.05. The summed E-state index contributed by atoms with van der Waals surface area (Å²) in [4.78, 5) is 0. The molecule has 2 heteroatoms. The SMILES string of the molecule is CCNCc1cccc(COCC)c1. The van der Waals surface area contributed by atoms with Crippen LogP contribution in [0.2, 0.25) is 0 Å². The van der Waals surface area contributed by atoms with Crippen LogP contribution in [-0.2, 0) is 17.9 Å². The molecule has 0 heterocycles. The molecule has 0 amide bonds. The second-order valence-corrected chi connectivity index (χ2v) is 3.24. The molecule has 14 heavy (non-hydrogen) atoms. The first-order chi connectivity index (χ1) is 6.86. The maximum Gasteiger partial charge on any atom is 0.0716 e. The fourth-order valence-corrected chi connectivity index (χ4v) is 1.32. The molecule has 0 radical (unpaired) electrons. The maximum atomic E-state index is 5.36. The Kier molecular flexibility index (Phi) is 5.27. The Balaban J connectivity index is 2.50. The molecule has 0 aliphatic rings. The minimum absolute atomic E-state index is 0.719. The van der Waals surface area contributed by atoms with Crippen LogP contribution >= 0.6 is 0 Å². The van der Waals surface area contributed by atoms with Gasteiger partial charge >= 0.3 is 0 Å². The lowest BCUT2D eigenvalue weighted by molar-refractivity contribution is 0.134. The largest absolute Gasteiger partial charge is 0.377 e. The Morgan fingerprint density at radius 1 is 1.21 bits per heavy atom. The van der Waals surface area contributed by atoms with Crippen LogP contribution in [0, 0.1) is 0 Å².